The number of amides is 1. The molecule has 6 heteroatoms. The molecule has 1 fully saturated rings. The Bertz CT molecular complexity index is 436. The first kappa shape index (κ1) is 14.6. The van der Waals surface area contributed by atoms with Gasteiger partial charge in [-0.2, -0.15) is 0 Å². The van der Waals surface area contributed by atoms with Crippen LogP contribution in [0.5, 0.6) is 5.75 Å². The molecule has 1 amide bonds. The lowest BCUT2D eigenvalue weighted by Gasteiger charge is -2.34. The Kier molecular flexibility index (Phi) is 5.20. The molecule has 0 aliphatic carbocycles. The summed E-state index contributed by atoms with van der Waals surface area (Å²) in [6, 6.07) is 7.56. The van der Waals surface area contributed by atoms with Crippen molar-refractivity contribution < 1.29 is 14.6 Å². The Balaban J connectivity index is 1.96. The van der Waals surface area contributed by atoms with E-state index in [-0.39, 0.29) is 18.6 Å². The fourth-order valence-electron chi connectivity index (χ4n) is 2.26. The summed E-state index contributed by atoms with van der Waals surface area (Å²) in [6.45, 7) is 2.48. The Morgan fingerprint density at radius 1 is 1.50 bits per heavy atom. The van der Waals surface area contributed by atoms with E-state index in [1.54, 1.807) is 7.11 Å². The summed E-state index contributed by atoms with van der Waals surface area (Å²) in [6.07, 6.45) is 0. The minimum Gasteiger partial charge on any atom is -0.497 e. The van der Waals surface area contributed by atoms with E-state index < -0.39 is 0 Å². The predicted molar refractivity (Wildman–Crippen MR) is 77.1 cm³/mol. The van der Waals surface area contributed by atoms with Gasteiger partial charge in [-0.05, 0) is 24.3 Å². The smallest absolute Gasteiger partial charge is 0.239 e. The molecule has 0 aromatic heterocycles. The molecule has 1 aromatic rings. The fraction of sp³-hybridized carbons (Fsp3) is 0.500. The molecule has 1 aromatic carbocycles. The second kappa shape index (κ2) is 7.12. The number of aliphatic hydroxyl groups is 1. The van der Waals surface area contributed by atoms with Crippen LogP contribution in [0, 0.1) is 0 Å². The number of nitrogens with zero attached hydrogens (tertiary/aromatic N) is 1. The van der Waals surface area contributed by atoms with Gasteiger partial charge in [0.1, 0.15) is 11.8 Å². The third kappa shape index (κ3) is 3.61. The van der Waals surface area contributed by atoms with Crippen LogP contribution < -0.4 is 20.3 Å². The van der Waals surface area contributed by atoms with Gasteiger partial charge in [0.25, 0.3) is 0 Å². The third-order valence-electron chi connectivity index (χ3n) is 3.34. The number of aliphatic hydroxyl groups excluding tert-OH is 1. The molecule has 6 nitrogen and oxygen atoms in total. The van der Waals surface area contributed by atoms with Crippen molar-refractivity contribution in [2.45, 2.75) is 6.04 Å². The van der Waals surface area contributed by atoms with E-state index in [0.29, 0.717) is 13.1 Å². The number of hydrogen-bond acceptors (Lipinski definition) is 5. The standard InChI is InChI=1S/C14H21N3O3/c1-20-12-4-2-11(3-5-12)17-8-6-15-13(10-17)14(19)16-7-9-18/h2-5,13,15,18H,6-10H2,1H3,(H,16,19)/t13-/m0/s1. The van der Waals surface area contributed by atoms with E-state index in [9.17, 15) is 4.79 Å². The van der Waals surface area contributed by atoms with Crippen LogP contribution in [-0.2, 0) is 4.79 Å². The zero-order valence-electron chi connectivity index (χ0n) is 11.6. The summed E-state index contributed by atoms with van der Waals surface area (Å²) < 4.78 is 5.14. The first-order valence-electron chi connectivity index (χ1n) is 6.75. The lowest BCUT2D eigenvalue weighted by atomic mass is 10.1. The molecule has 0 spiro atoms. The lowest BCUT2D eigenvalue weighted by Crippen LogP contribution is -2.57. The molecule has 20 heavy (non-hydrogen) atoms. The second-order valence-electron chi connectivity index (χ2n) is 4.67. The van der Waals surface area contributed by atoms with Crippen LogP contribution in [0.3, 0.4) is 0 Å². The number of piperazine rings is 1. The molecule has 0 saturated carbocycles. The third-order valence-corrected chi connectivity index (χ3v) is 3.34. The number of methoxy groups -OCH3 is 1. The number of rotatable bonds is 5. The van der Waals surface area contributed by atoms with Gasteiger partial charge in [-0.3, -0.25) is 4.79 Å². The van der Waals surface area contributed by atoms with Gasteiger partial charge < -0.3 is 25.4 Å². The van der Waals surface area contributed by atoms with Gasteiger partial charge in [-0.25, -0.2) is 0 Å². The van der Waals surface area contributed by atoms with Gasteiger partial charge >= 0.3 is 0 Å². The first-order chi connectivity index (χ1) is 9.74. The summed E-state index contributed by atoms with van der Waals surface area (Å²) in [5.41, 5.74) is 1.08. The number of carbonyl (C=O) groups is 1. The summed E-state index contributed by atoms with van der Waals surface area (Å²) in [5, 5.41) is 14.6. The largest absolute Gasteiger partial charge is 0.497 e. The van der Waals surface area contributed by atoms with Gasteiger partial charge in [0.2, 0.25) is 5.91 Å². The Labute approximate surface area is 118 Å². The zero-order valence-corrected chi connectivity index (χ0v) is 11.6. The SMILES string of the molecule is COc1ccc(N2CCN[C@H](C(=O)NCCO)C2)cc1. The molecule has 1 aliphatic heterocycles. The Morgan fingerprint density at radius 2 is 2.25 bits per heavy atom. The molecule has 0 bridgehead atoms. The maximum absolute atomic E-state index is 11.9. The number of anilines is 1. The second-order valence-corrected chi connectivity index (χ2v) is 4.67. The predicted octanol–water partition coefficient (Wildman–Crippen LogP) is -0.418. The highest BCUT2D eigenvalue weighted by Gasteiger charge is 2.25. The van der Waals surface area contributed by atoms with E-state index in [0.717, 1.165) is 24.5 Å². The van der Waals surface area contributed by atoms with Crippen molar-refractivity contribution >= 4 is 11.6 Å². The summed E-state index contributed by atoms with van der Waals surface area (Å²) in [5.74, 6) is 0.749. The van der Waals surface area contributed by atoms with Crippen molar-refractivity contribution in [1.82, 2.24) is 10.6 Å². The van der Waals surface area contributed by atoms with Crippen molar-refractivity contribution in [3.05, 3.63) is 24.3 Å². The minimum atomic E-state index is -0.252. The Hall–Kier alpha value is -1.79. The number of benzene rings is 1. The first-order valence-corrected chi connectivity index (χ1v) is 6.75. The number of hydrogen-bond donors (Lipinski definition) is 3. The van der Waals surface area contributed by atoms with Gasteiger partial charge in [-0.15, -0.1) is 0 Å². The molecule has 3 N–H and O–H groups in total. The van der Waals surface area contributed by atoms with Gasteiger partial charge in [-0.1, -0.05) is 0 Å². The van der Waals surface area contributed by atoms with Crippen molar-refractivity contribution in [3.63, 3.8) is 0 Å². The Morgan fingerprint density at radius 3 is 2.90 bits per heavy atom. The van der Waals surface area contributed by atoms with Crippen molar-refractivity contribution in [3.8, 4) is 5.75 Å². The molecule has 1 saturated heterocycles. The van der Waals surface area contributed by atoms with Crippen LogP contribution in [0.1, 0.15) is 0 Å². The van der Waals surface area contributed by atoms with E-state index in [1.807, 2.05) is 24.3 Å². The zero-order chi connectivity index (χ0) is 14.4. The summed E-state index contributed by atoms with van der Waals surface area (Å²) in [4.78, 5) is 14.1. The van der Waals surface area contributed by atoms with Crippen molar-refractivity contribution in [1.29, 1.82) is 0 Å². The van der Waals surface area contributed by atoms with E-state index >= 15 is 0 Å². The lowest BCUT2D eigenvalue weighted by molar-refractivity contribution is -0.123. The van der Waals surface area contributed by atoms with Crippen LogP contribution in [-0.4, -0.2) is 57.0 Å². The molecule has 1 heterocycles. The van der Waals surface area contributed by atoms with E-state index in [4.69, 9.17) is 9.84 Å². The van der Waals surface area contributed by atoms with Crippen LogP contribution in [0.15, 0.2) is 24.3 Å². The molecule has 2 rings (SSSR count). The fourth-order valence-corrected chi connectivity index (χ4v) is 2.26. The van der Waals surface area contributed by atoms with Crippen LogP contribution in [0.2, 0.25) is 0 Å². The van der Waals surface area contributed by atoms with Crippen LogP contribution >= 0.6 is 0 Å². The highest BCUT2D eigenvalue weighted by atomic mass is 16.5. The van der Waals surface area contributed by atoms with E-state index in [1.165, 1.54) is 0 Å². The van der Waals surface area contributed by atoms with Gasteiger partial charge in [0.15, 0.2) is 0 Å². The highest BCUT2D eigenvalue weighted by molar-refractivity contribution is 5.82. The number of ether oxygens (including phenoxy) is 1. The van der Waals surface area contributed by atoms with Crippen LogP contribution in [0.4, 0.5) is 5.69 Å². The maximum atomic E-state index is 11.9. The molecular formula is C14H21N3O3. The van der Waals surface area contributed by atoms with Crippen LogP contribution in [0.25, 0.3) is 0 Å². The molecule has 0 unspecified atom stereocenters. The average molecular weight is 279 g/mol. The van der Waals surface area contributed by atoms with Crippen molar-refractivity contribution in [2.75, 3.05) is 44.8 Å². The number of nitrogens with one attached hydrogen (secondary N) is 2. The van der Waals surface area contributed by atoms with E-state index in [2.05, 4.69) is 15.5 Å². The minimum absolute atomic E-state index is 0.0410. The monoisotopic (exact) mass is 279 g/mol. The number of carbonyl (C=O) groups excluding carboxylic acids is 1. The average Bonchev–Trinajstić information content (AvgIpc) is 2.52. The summed E-state index contributed by atoms with van der Waals surface area (Å²) in [7, 11) is 1.64. The molecule has 1 atom stereocenters. The molecule has 110 valence electrons. The van der Waals surface area contributed by atoms with Gasteiger partial charge in [0, 0.05) is 31.9 Å². The highest BCUT2D eigenvalue weighted by Crippen LogP contribution is 2.20. The molecular weight excluding hydrogens is 258 g/mol. The normalized spacial score (nSPS) is 18.7. The summed E-state index contributed by atoms with van der Waals surface area (Å²) >= 11 is 0. The quantitative estimate of drug-likeness (QED) is 0.683. The molecule has 1 aliphatic rings. The maximum Gasteiger partial charge on any atom is 0.239 e. The topological polar surface area (TPSA) is 73.8 Å². The van der Waals surface area contributed by atoms with Crippen molar-refractivity contribution in [2.24, 2.45) is 0 Å². The van der Waals surface area contributed by atoms with Gasteiger partial charge in [0.05, 0.1) is 13.7 Å². The molecule has 0 radical (unpaired) electrons.